The van der Waals surface area contributed by atoms with Crippen molar-refractivity contribution < 1.29 is 8.78 Å². The van der Waals surface area contributed by atoms with Crippen LogP contribution in [-0.4, -0.2) is 10.9 Å². The predicted molar refractivity (Wildman–Crippen MR) is 118 cm³/mol. The Bertz CT molecular complexity index is 1270. The van der Waals surface area contributed by atoms with Gasteiger partial charge in [0, 0.05) is 10.9 Å². The van der Waals surface area contributed by atoms with Gasteiger partial charge in [-0.15, -0.1) is 11.3 Å². The largest absolute Gasteiger partial charge is 0.219 e. The highest BCUT2D eigenvalue weighted by atomic mass is 32.1. The fraction of sp³-hybridized carbons (Fsp3) is 0.0833. The van der Waals surface area contributed by atoms with Crippen LogP contribution in [0.25, 0.3) is 11.3 Å². The van der Waals surface area contributed by atoms with Gasteiger partial charge in [-0.05, 0) is 73.0 Å². The maximum absolute atomic E-state index is 13.4. The summed E-state index contributed by atoms with van der Waals surface area (Å²) in [6.45, 7) is 4.09. The topological polar surface area (TPSA) is 29.6 Å². The number of hydrogen-bond donors (Lipinski definition) is 0. The van der Waals surface area contributed by atoms with Crippen molar-refractivity contribution in [2.45, 2.75) is 13.8 Å². The van der Waals surface area contributed by atoms with Crippen molar-refractivity contribution >= 4 is 23.2 Å². The van der Waals surface area contributed by atoms with Gasteiger partial charge in [-0.3, -0.25) is 0 Å². The van der Waals surface area contributed by atoms with E-state index in [0.29, 0.717) is 4.80 Å². The first kappa shape index (κ1) is 19.9. The third-order valence-electron chi connectivity index (χ3n) is 4.81. The Morgan fingerprint density at radius 3 is 2.23 bits per heavy atom. The van der Waals surface area contributed by atoms with Gasteiger partial charge in [-0.1, -0.05) is 24.3 Å². The van der Waals surface area contributed by atoms with Crippen LogP contribution in [0, 0.1) is 25.5 Å². The molecule has 30 heavy (non-hydrogen) atoms. The zero-order chi connectivity index (χ0) is 21.1. The summed E-state index contributed by atoms with van der Waals surface area (Å²) in [5.74, 6) is -0.594. The number of hydrogen-bond acceptors (Lipinski definition) is 3. The van der Waals surface area contributed by atoms with E-state index in [0.717, 1.165) is 33.6 Å². The fourth-order valence-corrected chi connectivity index (χ4v) is 3.79. The lowest BCUT2D eigenvalue weighted by Crippen LogP contribution is -2.11. The van der Waals surface area contributed by atoms with Crippen LogP contribution in [0.4, 0.5) is 14.5 Å². The summed E-state index contributed by atoms with van der Waals surface area (Å²) in [7, 11) is 0. The Hall–Kier alpha value is -3.38. The Morgan fingerprint density at radius 1 is 0.867 bits per heavy atom. The van der Waals surface area contributed by atoms with E-state index in [4.69, 9.17) is 4.99 Å². The second-order valence-electron chi connectivity index (χ2n) is 6.85. The quantitative estimate of drug-likeness (QED) is 0.351. The van der Waals surface area contributed by atoms with Crippen LogP contribution in [0.1, 0.15) is 16.7 Å². The molecular formula is C24H19F2N3S. The van der Waals surface area contributed by atoms with Crippen LogP contribution in [0.2, 0.25) is 0 Å². The molecule has 0 amide bonds. The highest BCUT2D eigenvalue weighted by Gasteiger charge is 2.09. The first-order valence-corrected chi connectivity index (χ1v) is 10.3. The van der Waals surface area contributed by atoms with Gasteiger partial charge in [0.05, 0.1) is 17.6 Å². The van der Waals surface area contributed by atoms with Gasteiger partial charge in [-0.2, -0.15) is 5.10 Å². The molecule has 3 nitrogen and oxygen atoms in total. The molecule has 150 valence electrons. The predicted octanol–water partition coefficient (Wildman–Crippen LogP) is 6.23. The Kier molecular flexibility index (Phi) is 5.68. The van der Waals surface area contributed by atoms with Gasteiger partial charge < -0.3 is 0 Å². The lowest BCUT2D eigenvalue weighted by atomic mass is 10.1. The van der Waals surface area contributed by atoms with Crippen molar-refractivity contribution in [2.24, 2.45) is 10.1 Å². The van der Waals surface area contributed by atoms with Crippen LogP contribution < -0.4 is 4.80 Å². The van der Waals surface area contributed by atoms with Crippen LogP contribution in [0.5, 0.6) is 0 Å². The second kappa shape index (κ2) is 8.55. The molecule has 1 heterocycles. The lowest BCUT2D eigenvalue weighted by molar-refractivity contribution is 0.627. The first-order valence-electron chi connectivity index (χ1n) is 9.38. The van der Waals surface area contributed by atoms with Gasteiger partial charge in [0.1, 0.15) is 11.6 Å². The maximum Gasteiger partial charge on any atom is 0.211 e. The molecule has 3 aromatic carbocycles. The van der Waals surface area contributed by atoms with E-state index >= 15 is 0 Å². The number of aryl methyl sites for hydroxylation is 1. The van der Waals surface area contributed by atoms with Crippen molar-refractivity contribution in [3.05, 3.63) is 105 Å². The smallest absolute Gasteiger partial charge is 0.211 e. The molecule has 0 saturated heterocycles. The van der Waals surface area contributed by atoms with Crippen molar-refractivity contribution in [1.82, 2.24) is 4.68 Å². The summed E-state index contributed by atoms with van der Waals surface area (Å²) in [4.78, 5) is 5.51. The number of benzene rings is 3. The Morgan fingerprint density at radius 2 is 1.53 bits per heavy atom. The molecule has 0 aliphatic carbocycles. The molecule has 0 fully saturated rings. The Labute approximate surface area is 177 Å². The van der Waals surface area contributed by atoms with E-state index < -0.39 is 0 Å². The molecule has 0 atom stereocenters. The van der Waals surface area contributed by atoms with Gasteiger partial charge in [-0.25, -0.2) is 18.4 Å². The molecular weight excluding hydrogens is 400 g/mol. The zero-order valence-electron chi connectivity index (χ0n) is 16.5. The average molecular weight is 420 g/mol. The molecule has 0 unspecified atom stereocenters. The first-order chi connectivity index (χ1) is 14.5. The molecule has 0 radical (unpaired) electrons. The molecule has 0 bridgehead atoms. The molecule has 4 rings (SSSR count). The Balaban J connectivity index is 1.86. The maximum atomic E-state index is 13.4. The van der Waals surface area contributed by atoms with Crippen molar-refractivity contribution in [3.8, 4) is 11.3 Å². The summed E-state index contributed by atoms with van der Waals surface area (Å²) in [6.07, 6.45) is 1.65. The van der Waals surface area contributed by atoms with Gasteiger partial charge in [0.15, 0.2) is 0 Å². The third kappa shape index (κ3) is 4.28. The van der Waals surface area contributed by atoms with Gasteiger partial charge in [0.2, 0.25) is 4.80 Å². The number of halogens is 2. The summed E-state index contributed by atoms with van der Waals surface area (Å²) >= 11 is 1.45. The zero-order valence-corrected chi connectivity index (χ0v) is 17.3. The highest BCUT2D eigenvalue weighted by Crippen LogP contribution is 2.23. The molecule has 0 aliphatic heterocycles. The molecule has 0 aliphatic rings. The van der Waals surface area contributed by atoms with Crippen LogP contribution in [-0.2, 0) is 0 Å². The lowest BCUT2D eigenvalue weighted by Gasteiger charge is -2.05. The van der Waals surface area contributed by atoms with Crippen LogP contribution >= 0.6 is 11.3 Å². The minimum absolute atomic E-state index is 0.296. The normalized spacial score (nSPS) is 12.1. The second-order valence-corrected chi connectivity index (χ2v) is 7.69. The number of thiazole rings is 1. The molecule has 0 N–H and O–H groups in total. The number of aromatic nitrogens is 1. The van der Waals surface area contributed by atoms with Gasteiger partial charge in [0.25, 0.3) is 0 Å². The van der Waals surface area contributed by atoms with Gasteiger partial charge >= 0.3 is 0 Å². The van der Waals surface area contributed by atoms with E-state index in [1.54, 1.807) is 35.2 Å². The molecule has 4 aromatic rings. The van der Waals surface area contributed by atoms with Crippen molar-refractivity contribution in [1.29, 1.82) is 0 Å². The molecule has 6 heteroatoms. The SMILES string of the molecule is Cc1cccc(N=c2scc(-c3ccc(F)cc3)n2/N=C/c2ccc(F)cc2)c1C. The molecule has 0 spiro atoms. The summed E-state index contributed by atoms with van der Waals surface area (Å²) < 4.78 is 28.3. The van der Waals surface area contributed by atoms with Crippen molar-refractivity contribution in [3.63, 3.8) is 0 Å². The summed E-state index contributed by atoms with van der Waals surface area (Å²) in [6, 6.07) is 18.3. The number of rotatable bonds is 4. The third-order valence-corrected chi connectivity index (χ3v) is 5.63. The number of nitrogens with zero attached hydrogens (tertiary/aromatic N) is 3. The van der Waals surface area contributed by atoms with Crippen molar-refractivity contribution in [2.75, 3.05) is 0 Å². The molecule has 0 saturated carbocycles. The van der Waals surface area contributed by atoms with E-state index in [-0.39, 0.29) is 11.6 Å². The minimum Gasteiger partial charge on any atom is -0.219 e. The monoisotopic (exact) mass is 419 g/mol. The van der Waals surface area contributed by atoms with E-state index in [1.165, 1.54) is 35.6 Å². The summed E-state index contributed by atoms with van der Waals surface area (Å²) in [5.41, 5.74) is 5.51. The molecule has 1 aromatic heterocycles. The van der Waals surface area contributed by atoms with Crippen LogP contribution in [0.15, 0.2) is 82.2 Å². The van der Waals surface area contributed by atoms with E-state index in [1.807, 2.05) is 37.4 Å². The van der Waals surface area contributed by atoms with Crippen LogP contribution in [0.3, 0.4) is 0 Å². The fourth-order valence-electron chi connectivity index (χ4n) is 2.94. The van der Waals surface area contributed by atoms with E-state index in [2.05, 4.69) is 5.10 Å². The summed E-state index contributed by atoms with van der Waals surface area (Å²) in [5, 5.41) is 6.55. The highest BCUT2D eigenvalue weighted by molar-refractivity contribution is 7.07. The van der Waals surface area contributed by atoms with E-state index in [9.17, 15) is 8.78 Å². The average Bonchev–Trinajstić information content (AvgIpc) is 3.14. The minimum atomic E-state index is -0.298. The standard InChI is InChI=1S/C24H19F2N3S/c1-16-4-3-5-22(17(16)2)28-24-29(27-14-18-6-10-20(25)11-7-18)23(15-30-24)19-8-12-21(26)13-9-19/h3-15H,1-2H3/b27-14+,28-24?.